The highest BCUT2D eigenvalue weighted by Gasteiger charge is 2.04. The van der Waals surface area contributed by atoms with E-state index in [1.54, 1.807) is 30.5 Å². The van der Waals surface area contributed by atoms with Crippen LogP contribution in [0.3, 0.4) is 0 Å². The van der Waals surface area contributed by atoms with Crippen molar-refractivity contribution < 1.29 is 4.79 Å². The fourth-order valence-electron chi connectivity index (χ4n) is 1.61. The van der Waals surface area contributed by atoms with E-state index < -0.39 is 0 Å². The number of carbonyl (C=O) groups excluding carboxylic acids is 1. The van der Waals surface area contributed by atoms with Crippen LogP contribution < -0.4 is 5.32 Å². The molecule has 0 saturated heterocycles. The van der Waals surface area contributed by atoms with Gasteiger partial charge in [0.15, 0.2) is 0 Å². The Bertz CT molecular complexity index is 573. The lowest BCUT2D eigenvalue weighted by Gasteiger charge is -2.06. The molecule has 2 aromatic rings. The molecule has 0 atom stereocenters. The van der Waals surface area contributed by atoms with E-state index in [-0.39, 0.29) is 5.91 Å². The first-order valence-electron chi connectivity index (χ1n) is 5.79. The first kappa shape index (κ1) is 13.8. The first-order valence-corrected chi connectivity index (χ1v) is 6.54. The van der Waals surface area contributed by atoms with Crippen LogP contribution in [0.5, 0.6) is 0 Å². The van der Waals surface area contributed by atoms with Crippen LogP contribution >= 0.6 is 23.2 Å². The Balaban J connectivity index is 1.87. The number of hydrogen-bond acceptors (Lipinski definition) is 2. The maximum absolute atomic E-state index is 11.8. The molecule has 0 radical (unpaired) electrons. The number of nitrogens with zero attached hydrogens (tertiary/aromatic N) is 1. The monoisotopic (exact) mass is 294 g/mol. The smallest absolute Gasteiger partial charge is 0.252 e. The molecule has 3 nitrogen and oxygen atoms in total. The minimum atomic E-state index is -0.131. The fourth-order valence-corrected chi connectivity index (χ4v) is 1.94. The summed E-state index contributed by atoms with van der Waals surface area (Å²) in [6, 6.07) is 8.90. The average Bonchev–Trinajstić information content (AvgIpc) is 2.43. The summed E-state index contributed by atoms with van der Waals surface area (Å²) in [5, 5.41) is 3.88. The quantitative estimate of drug-likeness (QED) is 0.939. The summed E-state index contributed by atoms with van der Waals surface area (Å²) in [6.45, 7) is 0.533. The summed E-state index contributed by atoms with van der Waals surface area (Å²) in [6.07, 6.45) is 3.86. The van der Waals surface area contributed by atoms with Crippen LogP contribution in [0.15, 0.2) is 42.7 Å². The Morgan fingerprint density at radius 3 is 2.74 bits per heavy atom. The molecule has 0 unspecified atom stereocenters. The number of halogens is 2. The van der Waals surface area contributed by atoms with Crippen molar-refractivity contribution in [2.45, 2.75) is 6.42 Å². The molecule has 1 heterocycles. The summed E-state index contributed by atoms with van der Waals surface area (Å²) >= 11 is 11.8. The molecule has 1 N–H and O–H groups in total. The molecule has 1 aromatic carbocycles. The van der Waals surface area contributed by atoms with Gasteiger partial charge in [-0.1, -0.05) is 29.3 Å². The topological polar surface area (TPSA) is 42.0 Å². The Morgan fingerprint density at radius 2 is 2.05 bits per heavy atom. The van der Waals surface area contributed by atoms with E-state index in [4.69, 9.17) is 23.2 Å². The van der Waals surface area contributed by atoms with Crippen molar-refractivity contribution in [2.75, 3.05) is 6.54 Å². The van der Waals surface area contributed by atoms with Crippen molar-refractivity contribution in [3.05, 3.63) is 63.9 Å². The van der Waals surface area contributed by atoms with Crippen LogP contribution in [0.25, 0.3) is 0 Å². The summed E-state index contributed by atoms with van der Waals surface area (Å²) < 4.78 is 0. The van der Waals surface area contributed by atoms with Gasteiger partial charge in [-0.3, -0.25) is 9.78 Å². The molecule has 5 heteroatoms. The summed E-state index contributed by atoms with van der Waals surface area (Å²) in [5.74, 6) is -0.131. The number of aromatic nitrogens is 1. The molecule has 0 spiro atoms. The predicted molar refractivity (Wildman–Crippen MR) is 76.7 cm³/mol. The van der Waals surface area contributed by atoms with Crippen molar-refractivity contribution in [1.29, 1.82) is 0 Å². The van der Waals surface area contributed by atoms with Gasteiger partial charge < -0.3 is 5.32 Å². The number of benzene rings is 1. The number of rotatable bonds is 4. The molecule has 0 saturated carbocycles. The van der Waals surface area contributed by atoms with Gasteiger partial charge in [0.25, 0.3) is 5.91 Å². The second-order valence-corrected chi connectivity index (χ2v) is 4.81. The molecule has 19 heavy (non-hydrogen) atoms. The van der Waals surface area contributed by atoms with Crippen molar-refractivity contribution in [3.63, 3.8) is 0 Å². The van der Waals surface area contributed by atoms with Gasteiger partial charge in [-0.2, -0.15) is 0 Å². The SMILES string of the molecule is O=C(NCCc1ccc(Cl)c(Cl)c1)c1cccnc1. The van der Waals surface area contributed by atoms with Crippen LogP contribution in [-0.2, 0) is 6.42 Å². The van der Waals surface area contributed by atoms with E-state index in [2.05, 4.69) is 10.3 Å². The van der Waals surface area contributed by atoms with Crippen LogP contribution in [0.1, 0.15) is 15.9 Å². The molecule has 1 aromatic heterocycles. The minimum Gasteiger partial charge on any atom is -0.352 e. The van der Waals surface area contributed by atoms with Crippen LogP contribution in [0.2, 0.25) is 10.0 Å². The van der Waals surface area contributed by atoms with Crippen molar-refractivity contribution in [1.82, 2.24) is 10.3 Å². The van der Waals surface area contributed by atoms with Crippen molar-refractivity contribution in [2.24, 2.45) is 0 Å². The first-order chi connectivity index (χ1) is 9.16. The number of carbonyl (C=O) groups is 1. The van der Waals surface area contributed by atoms with Gasteiger partial charge in [-0.05, 0) is 36.2 Å². The third-order valence-electron chi connectivity index (χ3n) is 2.61. The molecular weight excluding hydrogens is 283 g/mol. The van der Waals surface area contributed by atoms with Gasteiger partial charge in [0.1, 0.15) is 0 Å². The lowest BCUT2D eigenvalue weighted by molar-refractivity contribution is 0.0954. The van der Waals surface area contributed by atoms with E-state index in [0.717, 1.165) is 5.56 Å². The molecule has 0 aliphatic carbocycles. The zero-order valence-electron chi connectivity index (χ0n) is 10.1. The number of hydrogen-bond donors (Lipinski definition) is 1. The summed E-state index contributed by atoms with van der Waals surface area (Å²) in [5.41, 5.74) is 1.58. The Morgan fingerprint density at radius 1 is 1.21 bits per heavy atom. The Kier molecular flexibility index (Phi) is 4.77. The zero-order chi connectivity index (χ0) is 13.7. The average molecular weight is 295 g/mol. The molecule has 0 aliphatic rings. The van der Waals surface area contributed by atoms with Crippen LogP contribution in [0, 0.1) is 0 Å². The molecule has 2 rings (SSSR count). The van der Waals surface area contributed by atoms with E-state index in [1.165, 1.54) is 6.20 Å². The van der Waals surface area contributed by atoms with Gasteiger partial charge >= 0.3 is 0 Å². The number of nitrogens with one attached hydrogen (secondary N) is 1. The zero-order valence-corrected chi connectivity index (χ0v) is 11.6. The standard InChI is InChI=1S/C14H12Cl2N2O/c15-12-4-3-10(8-13(12)16)5-7-18-14(19)11-2-1-6-17-9-11/h1-4,6,8-9H,5,7H2,(H,18,19). The van der Waals surface area contributed by atoms with E-state index in [0.29, 0.717) is 28.6 Å². The molecule has 0 fully saturated rings. The van der Waals surface area contributed by atoms with Crippen molar-refractivity contribution >= 4 is 29.1 Å². The molecular formula is C14H12Cl2N2O. The van der Waals surface area contributed by atoms with E-state index in [1.807, 2.05) is 6.07 Å². The van der Waals surface area contributed by atoms with Gasteiger partial charge in [0.2, 0.25) is 0 Å². The summed E-state index contributed by atoms with van der Waals surface area (Å²) in [7, 11) is 0. The summed E-state index contributed by atoms with van der Waals surface area (Å²) in [4.78, 5) is 15.7. The third-order valence-corrected chi connectivity index (χ3v) is 3.35. The van der Waals surface area contributed by atoms with Gasteiger partial charge in [-0.15, -0.1) is 0 Å². The molecule has 98 valence electrons. The van der Waals surface area contributed by atoms with E-state index >= 15 is 0 Å². The lowest BCUT2D eigenvalue weighted by Crippen LogP contribution is -2.25. The number of amides is 1. The maximum Gasteiger partial charge on any atom is 0.252 e. The highest BCUT2D eigenvalue weighted by molar-refractivity contribution is 6.42. The fraction of sp³-hybridized carbons (Fsp3) is 0.143. The largest absolute Gasteiger partial charge is 0.352 e. The lowest BCUT2D eigenvalue weighted by atomic mass is 10.1. The molecule has 0 bridgehead atoms. The van der Waals surface area contributed by atoms with Crippen LogP contribution in [0.4, 0.5) is 0 Å². The Labute approximate surface area is 121 Å². The highest BCUT2D eigenvalue weighted by Crippen LogP contribution is 2.22. The number of pyridine rings is 1. The second kappa shape index (κ2) is 6.55. The van der Waals surface area contributed by atoms with Gasteiger partial charge in [-0.25, -0.2) is 0 Å². The molecule has 0 aliphatic heterocycles. The third kappa shape index (κ3) is 3.94. The van der Waals surface area contributed by atoms with E-state index in [9.17, 15) is 4.79 Å². The maximum atomic E-state index is 11.8. The Hall–Kier alpha value is -1.58. The molecule has 1 amide bonds. The highest BCUT2D eigenvalue weighted by atomic mass is 35.5. The second-order valence-electron chi connectivity index (χ2n) is 4.00. The minimum absolute atomic E-state index is 0.131. The predicted octanol–water partition coefficient (Wildman–Crippen LogP) is 3.36. The normalized spacial score (nSPS) is 10.2. The van der Waals surface area contributed by atoms with Gasteiger partial charge in [0, 0.05) is 18.9 Å². The van der Waals surface area contributed by atoms with Crippen molar-refractivity contribution in [3.8, 4) is 0 Å². The van der Waals surface area contributed by atoms with Crippen LogP contribution in [-0.4, -0.2) is 17.4 Å². The van der Waals surface area contributed by atoms with Gasteiger partial charge in [0.05, 0.1) is 15.6 Å².